The Balaban J connectivity index is 2.14. The van der Waals surface area contributed by atoms with Gasteiger partial charge in [-0.15, -0.1) is 11.6 Å². The summed E-state index contributed by atoms with van der Waals surface area (Å²) in [5, 5.41) is 0.646. The molecule has 1 fully saturated rings. The molecule has 0 saturated carbocycles. The van der Waals surface area contributed by atoms with Gasteiger partial charge in [-0.25, -0.2) is 4.98 Å². The van der Waals surface area contributed by atoms with Crippen LogP contribution >= 0.6 is 23.2 Å². The second-order valence-electron chi connectivity index (χ2n) is 4.06. The maximum absolute atomic E-state index is 5.98. The smallest absolute Gasteiger partial charge is 0.128 e. The summed E-state index contributed by atoms with van der Waals surface area (Å²) in [5.74, 6) is 1.41. The first-order valence-electron chi connectivity index (χ1n) is 5.34. The Morgan fingerprint density at radius 1 is 1.31 bits per heavy atom. The van der Waals surface area contributed by atoms with E-state index in [0.29, 0.717) is 10.9 Å². The van der Waals surface area contributed by atoms with E-state index in [1.807, 2.05) is 6.07 Å². The summed E-state index contributed by atoms with van der Waals surface area (Å²) in [7, 11) is 2.14. The van der Waals surface area contributed by atoms with Crippen molar-refractivity contribution in [3.8, 4) is 0 Å². The fourth-order valence-corrected chi connectivity index (χ4v) is 2.24. The third-order valence-corrected chi connectivity index (χ3v) is 3.52. The monoisotopic (exact) mass is 259 g/mol. The first kappa shape index (κ1) is 12.0. The van der Waals surface area contributed by atoms with Gasteiger partial charge < -0.3 is 9.80 Å². The second-order valence-corrected chi connectivity index (χ2v) is 4.73. The van der Waals surface area contributed by atoms with Crippen LogP contribution in [-0.2, 0) is 5.88 Å². The number of likely N-dealkylation sites (N-methyl/N-ethyl adjacent to an activating group) is 1. The highest BCUT2D eigenvalue weighted by Crippen LogP contribution is 2.22. The number of alkyl halides is 1. The highest BCUT2D eigenvalue weighted by atomic mass is 35.5. The minimum absolute atomic E-state index is 0.433. The molecule has 88 valence electrons. The van der Waals surface area contributed by atoms with Crippen molar-refractivity contribution in [1.82, 2.24) is 9.88 Å². The summed E-state index contributed by atoms with van der Waals surface area (Å²) >= 11 is 11.8. The van der Waals surface area contributed by atoms with Gasteiger partial charge in [-0.05, 0) is 18.7 Å². The van der Waals surface area contributed by atoms with Crippen LogP contribution in [-0.4, -0.2) is 43.1 Å². The molecule has 1 aliphatic heterocycles. The first-order valence-corrected chi connectivity index (χ1v) is 6.26. The van der Waals surface area contributed by atoms with Gasteiger partial charge in [0.25, 0.3) is 0 Å². The van der Waals surface area contributed by atoms with E-state index in [-0.39, 0.29) is 0 Å². The maximum atomic E-state index is 5.98. The molecule has 16 heavy (non-hydrogen) atoms. The quantitative estimate of drug-likeness (QED) is 0.760. The molecule has 5 heteroatoms. The number of nitrogens with zero attached hydrogens (tertiary/aromatic N) is 3. The SMILES string of the molecule is CN1CCN(c2cc(CCl)c(Cl)cn2)CC1. The predicted octanol–water partition coefficient (Wildman–Crippen LogP) is 2.23. The van der Waals surface area contributed by atoms with Crippen LogP contribution < -0.4 is 4.90 Å². The third-order valence-electron chi connectivity index (χ3n) is 2.89. The Bertz CT molecular complexity index is 362. The molecule has 2 rings (SSSR count). The number of hydrogen-bond acceptors (Lipinski definition) is 3. The number of aromatic nitrogens is 1. The van der Waals surface area contributed by atoms with E-state index in [1.54, 1.807) is 6.20 Å². The molecule has 1 aromatic heterocycles. The number of pyridine rings is 1. The number of anilines is 1. The summed E-state index contributed by atoms with van der Waals surface area (Å²) in [6, 6.07) is 1.99. The third kappa shape index (κ3) is 2.59. The van der Waals surface area contributed by atoms with Crippen molar-refractivity contribution in [1.29, 1.82) is 0 Å². The molecule has 0 bridgehead atoms. The zero-order valence-electron chi connectivity index (χ0n) is 9.29. The minimum Gasteiger partial charge on any atom is -0.354 e. The number of piperazine rings is 1. The zero-order chi connectivity index (χ0) is 11.5. The van der Waals surface area contributed by atoms with Crippen LogP contribution in [0.15, 0.2) is 12.3 Å². The summed E-state index contributed by atoms with van der Waals surface area (Å²) in [5.41, 5.74) is 0.951. The molecule has 0 unspecified atom stereocenters. The van der Waals surface area contributed by atoms with Crippen LogP contribution in [0, 0.1) is 0 Å². The molecule has 0 atom stereocenters. The molecular formula is C11H15Cl2N3. The van der Waals surface area contributed by atoms with Gasteiger partial charge in [0.1, 0.15) is 5.82 Å². The lowest BCUT2D eigenvalue weighted by atomic mass is 10.2. The van der Waals surface area contributed by atoms with Crippen molar-refractivity contribution in [2.24, 2.45) is 0 Å². The minimum atomic E-state index is 0.433. The Morgan fingerprint density at radius 2 is 2.00 bits per heavy atom. The number of halogens is 2. The first-order chi connectivity index (χ1) is 7.70. The van der Waals surface area contributed by atoms with Crippen LogP contribution in [0.2, 0.25) is 5.02 Å². The van der Waals surface area contributed by atoms with Crippen molar-refractivity contribution in [3.05, 3.63) is 22.8 Å². The molecule has 0 spiro atoms. The summed E-state index contributed by atoms with van der Waals surface area (Å²) in [4.78, 5) is 8.94. The van der Waals surface area contributed by atoms with Gasteiger partial charge in [0.05, 0.1) is 5.02 Å². The summed E-state index contributed by atoms with van der Waals surface area (Å²) < 4.78 is 0. The standard InChI is InChI=1S/C11H15Cl2N3/c1-15-2-4-16(5-3-15)11-6-9(7-12)10(13)8-14-11/h6,8H,2-5,7H2,1H3. The lowest BCUT2D eigenvalue weighted by Crippen LogP contribution is -2.44. The van der Waals surface area contributed by atoms with Gasteiger partial charge in [-0.2, -0.15) is 0 Å². The molecule has 0 radical (unpaired) electrons. The maximum Gasteiger partial charge on any atom is 0.128 e. The van der Waals surface area contributed by atoms with Crippen LogP contribution in [0.3, 0.4) is 0 Å². The van der Waals surface area contributed by atoms with Crippen molar-refractivity contribution >= 4 is 29.0 Å². The second kappa shape index (κ2) is 5.21. The highest BCUT2D eigenvalue weighted by Gasteiger charge is 2.15. The van der Waals surface area contributed by atoms with Gasteiger partial charge >= 0.3 is 0 Å². The van der Waals surface area contributed by atoms with Gasteiger partial charge in [-0.1, -0.05) is 11.6 Å². The zero-order valence-corrected chi connectivity index (χ0v) is 10.8. The van der Waals surface area contributed by atoms with Gasteiger partial charge in [-0.3, -0.25) is 0 Å². The van der Waals surface area contributed by atoms with Crippen molar-refractivity contribution in [2.75, 3.05) is 38.1 Å². The average Bonchev–Trinajstić information content (AvgIpc) is 2.31. The largest absolute Gasteiger partial charge is 0.354 e. The van der Waals surface area contributed by atoms with E-state index in [4.69, 9.17) is 23.2 Å². The molecule has 3 nitrogen and oxygen atoms in total. The number of rotatable bonds is 2. The molecule has 0 N–H and O–H groups in total. The molecule has 1 aliphatic rings. The van der Waals surface area contributed by atoms with E-state index in [0.717, 1.165) is 37.6 Å². The highest BCUT2D eigenvalue weighted by molar-refractivity contribution is 6.32. The van der Waals surface area contributed by atoms with Crippen molar-refractivity contribution < 1.29 is 0 Å². The Hall–Kier alpha value is -0.510. The van der Waals surface area contributed by atoms with E-state index in [9.17, 15) is 0 Å². The fourth-order valence-electron chi connectivity index (χ4n) is 1.78. The van der Waals surface area contributed by atoms with Crippen LogP contribution in [0.5, 0.6) is 0 Å². The van der Waals surface area contributed by atoms with E-state index < -0.39 is 0 Å². The predicted molar refractivity (Wildman–Crippen MR) is 68.5 cm³/mol. The normalized spacial score (nSPS) is 17.8. The molecule has 1 saturated heterocycles. The Kier molecular flexibility index (Phi) is 3.90. The van der Waals surface area contributed by atoms with Gasteiger partial charge in [0.15, 0.2) is 0 Å². The van der Waals surface area contributed by atoms with Crippen LogP contribution in [0.25, 0.3) is 0 Å². The molecular weight excluding hydrogens is 245 g/mol. The Labute approximate surface area is 106 Å². The molecule has 0 aromatic carbocycles. The van der Waals surface area contributed by atoms with Crippen LogP contribution in [0.1, 0.15) is 5.56 Å². The molecule has 1 aromatic rings. The van der Waals surface area contributed by atoms with Gasteiger partial charge in [0, 0.05) is 38.3 Å². The van der Waals surface area contributed by atoms with E-state index in [1.165, 1.54) is 0 Å². The summed E-state index contributed by atoms with van der Waals surface area (Å²) in [6.45, 7) is 4.15. The van der Waals surface area contributed by atoms with Crippen molar-refractivity contribution in [3.63, 3.8) is 0 Å². The molecule has 0 amide bonds. The average molecular weight is 260 g/mol. The van der Waals surface area contributed by atoms with Crippen LogP contribution in [0.4, 0.5) is 5.82 Å². The molecule has 0 aliphatic carbocycles. The van der Waals surface area contributed by atoms with E-state index in [2.05, 4.69) is 21.8 Å². The van der Waals surface area contributed by atoms with Crippen molar-refractivity contribution in [2.45, 2.75) is 5.88 Å². The summed E-state index contributed by atoms with van der Waals surface area (Å²) in [6.07, 6.45) is 1.69. The topological polar surface area (TPSA) is 19.4 Å². The number of hydrogen-bond donors (Lipinski definition) is 0. The Morgan fingerprint density at radius 3 is 2.62 bits per heavy atom. The fraction of sp³-hybridized carbons (Fsp3) is 0.545. The molecule has 2 heterocycles. The lowest BCUT2D eigenvalue weighted by molar-refractivity contribution is 0.312. The lowest BCUT2D eigenvalue weighted by Gasteiger charge is -2.33. The van der Waals surface area contributed by atoms with E-state index >= 15 is 0 Å². The van der Waals surface area contributed by atoms with Gasteiger partial charge in [0.2, 0.25) is 0 Å².